The Labute approximate surface area is 128 Å². The SMILES string of the molecule is Brc1c2c(c(CC3CCCNC3)c3c1OCC3)OCC2. The van der Waals surface area contributed by atoms with Gasteiger partial charge < -0.3 is 14.8 Å². The molecule has 1 aromatic rings. The molecular formula is C16H20BrNO2. The highest BCUT2D eigenvalue weighted by atomic mass is 79.9. The first kappa shape index (κ1) is 13.0. The number of ether oxygens (including phenoxy) is 2. The van der Waals surface area contributed by atoms with E-state index >= 15 is 0 Å². The van der Waals surface area contributed by atoms with Crippen molar-refractivity contribution in [2.75, 3.05) is 26.3 Å². The Morgan fingerprint density at radius 3 is 2.70 bits per heavy atom. The molecule has 0 spiro atoms. The minimum Gasteiger partial charge on any atom is -0.493 e. The molecule has 20 heavy (non-hydrogen) atoms. The van der Waals surface area contributed by atoms with Gasteiger partial charge in [0.25, 0.3) is 0 Å². The van der Waals surface area contributed by atoms with E-state index in [0.29, 0.717) is 0 Å². The molecule has 4 heteroatoms. The number of hydrogen-bond donors (Lipinski definition) is 1. The van der Waals surface area contributed by atoms with Gasteiger partial charge in [0.2, 0.25) is 0 Å². The molecule has 3 aliphatic rings. The lowest BCUT2D eigenvalue weighted by Gasteiger charge is -2.24. The molecule has 3 aliphatic heterocycles. The lowest BCUT2D eigenvalue weighted by Crippen LogP contribution is -2.31. The highest BCUT2D eigenvalue weighted by Gasteiger charge is 2.31. The molecule has 1 unspecified atom stereocenters. The molecular weight excluding hydrogens is 318 g/mol. The van der Waals surface area contributed by atoms with Gasteiger partial charge in [0, 0.05) is 29.5 Å². The average molecular weight is 338 g/mol. The van der Waals surface area contributed by atoms with E-state index in [1.54, 1.807) is 0 Å². The van der Waals surface area contributed by atoms with Gasteiger partial charge in [0.1, 0.15) is 11.5 Å². The number of fused-ring (bicyclic) bond motifs is 2. The molecule has 3 nitrogen and oxygen atoms in total. The first-order valence-corrected chi connectivity index (χ1v) is 8.46. The van der Waals surface area contributed by atoms with E-state index in [1.807, 2.05) is 0 Å². The Hall–Kier alpha value is -0.740. The number of rotatable bonds is 2. The summed E-state index contributed by atoms with van der Waals surface area (Å²) in [7, 11) is 0. The van der Waals surface area contributed by atoms with Gasteiger partial charge in [0.05, 0.1) is 17.7 Å². The highest BCUT2D eigenvalue weighted by molar-refractivity contribution is 9.10. The van der Waals surface area contributed by atoms with Crippen LogP contribution in [-0.2, 0) is 19.3 Å². The van der Waals surface area contributed by atoms with E-state index < -0.39 is 0 Å². The van der Waals surface area contributed by atoms with Gasteiger partial charge in [0.15, 0.2) is 0 Å². The molecule has 1 saturated heterocycles. The van der Waals surface area contributed by atoms with Crippen LogP contribution in [0.25, 0.3) is 0 Å². The quantitative estimate of drug-likeness (QED) is 0.900. The van der Waals surface area contributed by atoms with E-state index in [2.05, 4.69) is 21.2 Å². The summed E-state index contributed by atoms with van der Waals surface area (Å²) < 4.78 is 13.0. The molecule has 1 N–H and O–H groups in total. The van der Waals surface area contributed by atoms with Crippen molar-refractivity contribution in [1.82, 2.24) is 5.32 Å². The van der Waals surface area contributed by atoms with Crippen LogP contribution in [0.4, 0.5) is 0 Å². The molecule has 0 amide bonds. The third-order valence-corrected chi connectivity index (χ3v) is 5.58. The topological polar surface area (TPSA) is 30.5 Å². The van der Waals surface area contributed by atoms with Crippen molar-refractivity contribution in [2.24, 2.45) is 5.92 Å². The van der Waals surface area contributed by atoms with Crippen LogP contribution in [0.1, 0.15) is 29.5 Å². The van der Waals surface area contributed by atoms with Gasteiger partial charge in [-0.15, -0.1) is 0 Å². The summed E-state index contributed by atoms with van der Waals surface area (Å²) in [5, 5.41) is 3.52. The van der Waals surface area contributed by atoms with Crippen molar-refractivity contribution in [1.29, 1.82) is 0 Å². The van der Waals surface area contributed by atoms with Crippen LogP contribution in [0.5, 0.6) is 11.5 Å². The lowest BCUT2D eigenvalue weighted by molar-refractivity contribution is 0.341. The van der Waals surface area contributed by atoms with Crippen LogP contribution in [-0.4, -0.2) is 26.3 Å². The van der Waals surface area contributed by atoms with E-state index in [1.165, 1.54) is 36.1 Å². The van der Waals surface area contributed by atoms with E-state index in [9.17, 15) is 0 Å². The second-order valence-electron chi connectivity index (χ2n) is 6.02. The zero-order valence-electron chi connectivity index (χ0n) is 11.6. The smallest absolute Gasteiger partial charge is 0.137 e. The first-order valence-electron chi connectivity index (χ1n) is 7.67. The highest BCUT2D eigenvalue weighted by Crippen LogP contribution is 2.47. The predicted octanol–water partition coefficient (Wildman–Crippen LogP) is 2.86. The summed E-state index contributed by atoms with van der Waals surface area (Å²) in [5.74, 6) is 2.99. The Balaban J connectivity index is 1.74. The van der Waals surface area contributed by atoms with Crippen molar-refractivity contribution in [3.63, 3.8) is 0 Å². The van der Waals surface area contributed by atoms with Crippen LogP contribution in [0.2, 0.25) is 0 Å². The third-order valence-electron chi connectivity index (χ3n) is 4.74. The molecule has 3 heterocycles. The number of benzene rings is 1. The van der Waals surface area contributed by atoms with Crippen LogP contribution < -0.4 is 14.8 Å². The van der Waals surface area contributed by atoms with Crippen molar-refractivity contribution in [2.45, 2.75) is 32.1 Å². The van der Waals surface area contributed by atoms with Crippen LogP contribution in [0.15, 0.2) is 4.47 Å². The minimum absolute atomic E-state index is 0.739. The average Bonchev–Trinajstić information content (AvgIpc) is 3.14. The summed E-state index contributed by atoms with van der Waals surface area (Å²) in [6.45, 7) is 3.94. The molecule has 0 aromatic heterocycles. The Bertz CT molecular complexity index is 503. The zero-order valence-corrected chi connectivity index (χ0v) is 13.2. The van der Waals surface area contributed by atoms with Crippen LogP contribution in [0, 0.1) is 5.92 Å². The molecule has 1 atom stereocenters. The molecule has 1 fully saturated rings. The summed E-state index contributed by atoms with van der Waals surface area (Å²) in [4.78, 5) is 0. The molecule has 0 saturated carbocycles. The van der Waals surface area contributed by atoms with Crippen LogP contribution >= 0.6 is 15.9 Å². The summed E-state index contributed by atoms with van der Waals surface area (Å²) in [6.07, 6.45) is 5.78. The van der Waals surface area contributed by atoms with Gasteiger partial charge in [-0.2, -0.15) is 0 Å². The Morgan fingerprint density at radius 2 is 1.90 bits per heavy atom. The van der Waals surface area contributed by atoms with Crippen molar-refractivity contribution >= 4 is 15.9 Å². The van der Waals surface area contributed by atoms with Gasteiger partial charge in [-0.05, 0) is 54.2 Å². The summed E-state index contributed by atoms with van der Waals surface area (Å²) in [5.41, 5.74) is 4.15. The fraction of sp³-hybridized carbons (Fsp3) is 0.625. The molecule has 1 aromatic carbocycles. The fourth-order valence-corrected chi connectivity index (χ4v) is 4.48. The summed E-state index contributed by atoms with van der Waals surface area (Å²) in [6, 6.07) is 0. The standard InChI is InChI=1S/C16H20BrNO2/c17-14-12-4-7-19-15(12)13(11-3-6-20-16(11)14)8-10-2-1-5-18-9-10/h10,18H,1-9H2. The van der Waals surface area contributed by atoms with Crippen molar-refractivity contribution in [3.05, 3.63) is 21.2 Å². The number of piperidine rings is 1. The Kier molecular flexibility index (Phi) is 3.39. The van der Waals surface area contributed by atoms with Gasteiger partial charge >= 0.3 is 0 Å². The molecule has 0 bridgehead atoms. The largest absolute Gasteiger partial charge is 0.493 e. The molecule has 4 rings (SSSR count). The normalized spacial score (nSPS) is 23.9. The number of halogens is 1. The van der Waals surface area contributed by atoms with Crippen LogP contribution in [0.3, 0.4) is 0 Å². The Morgan fingerprint density at radius 1 is 1.10 bits per heavy atom. The van der Waals surface area contributed by atoms with Crippen molar-refractivity contribution in [3.8, 4) is 11.5 Å². The zero-order chi connectivity index (χ0) is 13.5. The minimum atomic E-state index is 0.739. The molecule has 0 radical (unpaired) electrons. The maximum Gasteiger partial charge on any atom is 0.137 e. The van der Waals surface area contributed by atoms with E-state index in [0.717, 1.165) is 60.9 Å². The van der Waals surface area contributed by atoms with E-state index in [-0.39, 0.29) is 0 Å². The maximum atomic E-state index is 5.97. The van der Waals surface area contributed by atoms with Gasteiger partial charge in [-0.1, -0.05) is 0 Å². The maximum absolute atomic E-state index is 5.97. The second-order valence-corrected chi connectivity index (χ2v) is 6.81. The molecule has 0 aliphatic carbocycles. The van der Waals surface area contributed by atoms with Gasteiger partial charge in [-0.3, -0.25) is 0 Å². The third kappa shape index (κ3) is 2.04. The van der Waals surface area contributed by atoms with Gasteiger partial charge in [-0.25, -0.2) is 0 Å². The number of nitrogens with one attached hydrogen (secondary N) is 1. The second kappa shape index (κ2) is 5.23. The first-order chi connectivity index (χ1) is 9.84. The van der Waals surface area contributed by atoms with Crippen molar-refractivity contribution < 1.29 is 9.47 Å². The number of hydrogen-bond acceptors (Lipinski definition) is 3. The summed E-state index contributed by atoms with van der Waals surface area (Å²) >= 11 is 3.73. The van der Waals surface area contributed by atoms with E-state index in [4.69, 9.17) is 9.47 Å². The lowest BCUT2D eigenvalue weighted by atomic mass is 9.88. The predicted molar refractivity (Wildman–Crippen MR) is 81.8 cm³/mol. The monoisotopic (exact) mass is 337 g/mol. The molecule has 108 valence electrons. The fourth-order valence-electron chi connectivity index (χ4n) is 3.75.